The molecule has 0 aliphatic rings. The molecule has 6 heteroatoms. The number of nitrogens with zero attached hydrogens (tertiary/aromatic N) is 2. The first-order chi connectivity index (χ1) is 8.06. The minimum absolute atomic E-state index is 0.0654. The molecule has 2 aromatic rings. The summed E-state index contributed by atoms with van der Waals surface area (Å²) in [6, 6.07) is 6.17. The lowest BCUT2D eigenvalue weighted by Crippen LogP contribution is -1.99. The van der Waals surface area contributed by atoms with Gasteiger partial charge in [-0.25, -0.2) is 14.4 Å². The molecule has 17 heavy (non-hydrogen) atoms. The van der Waals surface area contributed by atoms with E-state index in [0.29, 0.717) is 11.4 Å². The van der Waals surface area contributed by atoms with Gasteiger partial charge in [-0.2, -0.15) is 0 Å². The van der Waals surface area contributed by atoms with Crippen molar-refractivity contribution in [1.82, 2.24) is 9.97 Å². The Hall–Kier alpha value is -0.900. The first-order valence-corrected chi connectivity index (χ1v) is 5.81. The predicted molar refractivity (Wildman–Crippen MR) is 66.3 cm³/mol. The van der Waals surface area contributed by atoms with Gasteiger partial charge in [0.1, 0.15) is 21.9 Å². The maximum absolute atomic E-state index is 13.6. The van der Waals surface area contributed by atoms with Crippen LogP contribution in [-0.2, 0) is 6.42 Å². The van der Waals surface area contributed by atoms with Gasteiger partial charge in [0.05, 0.1) is 5.02 Å². The van der Waals surface area contributed by atoms with Crippen LogP contribution in [0.1, 0.15) is 11.4 Å². The number of hydrogen-bond acceptors (Lipinski definition) is 2. The van der Waals surface area contributed by atoms with Crippen molar-refractivity contribution >= 4 is 34.8 Å². The van der Waals surface area contributed by atoms with Crippen molar-refractivity contribution in [1.29, 1.82) is 0 Å². The summed E-state index contributed by atoms with van der Waals surface area (Å²) in [5, 5.41) is 0.514. The lowest BCUT2D eigenvalue weighted by molar-refractivity contribution is 0.612. The summed E-state index contributed by atoms with van der Waals surface area (Å²) in [7, 11) is 0. The molecular weight excluding hydrogens is 285 g/mol. The average Bonchev–Trinajstić information content (AvgIpc) is 2.23. The maximum atomic E-state index is 13.6. The molecule has 0 radical (unpaired) electrons. The molecule has 88 valence electrons. The summed E-state index contributed by atoms with van der Waals surface area (Å²) in [4.78, 5) is 7.92. The van der Waals surface area contributed by atoms with Crippen molar-refractivity contribution in [3.05, 3.63) is 56.8 Å². The molecule has 1 aromatic carbocycles. The van der Waals surface area contributed by atoms with E-state index < -0.39 is 5.82 Å². The predicted octanol–water partition coefficient (Wildman–Crippen LogP) is 4.17. The molecule has 0 bridgehead atoms. The zero-order chi connectivity index (χ0) is 12.4. The Morgan fingerprint density at radius 2 is 1.71 bits per heavy atom. The van der Waals surface area contributed by atoms with Crippen LogP contribution >= 0.6 is 34.8 Å². The zero-order valence-corrected chi connectivity index (χ0v) is 10.7. The molecular formula is C11H6Cl3FN2. The highest BCUT2D eigenvalue weighted by Gasteiger charge is 2.09. The molecule has 0 aliphatic carbocycles. The third-order valence-electron chi connectivity index (χ3n) is 2.09. The summed E-state index contributed by atoms with van der Waals surface area (Å²) in [5.74, 6) is -0.127. The number of halogens is 4. The standard InChI is InChI=1S/C11H6Cl3FN2/c12-7-3-1-2-6(11(7)15)4-10-16-8(13)5-9(14)17-10/h1-3,5H,4H2. The highest BCUT2D eigenvalue weighted by molar-refractivity contribution is 6.33. The third kappa shape index (κ3) is 3.06. The van der Waals surface area contributed by atoms with E-state index in [1.165, 1.54) is 12.1 Å². The number of rotatable bonds is 2. The molecule has 0 atom stereocenters. The van der Waals surface area contributed by atoms with Gasteiger partial charge in [-0.15, -0.1) is 0 Å². The van der Waals surface area contributed by atoms with Crippen molar-refractivity contribution in [2.75, 3.05) is 0 Å². The second kappa shape index (κ2) is 5.17. The number of benzene rings is 1. The van der Waals surface area contributed by atoms with E-state index in [2.05, 4.69) is 9.97 Å². The Bertz CT molecular complexity index is 540. The summed E-state index contributed by atoms with van der Waals surface area (Å²) in [6.07, 6.45) is 0.187. The largest absolute Gasteiger partial charge is 0.221 e. The van der Waals surface area contributed by atoms with Gasteiger partial charge in [-0.1, -0.05) is 46.9 Å². The topological polar surface area (TPSA) is 25.8 Å². The zero-order valence-electron chi connectivity index (χ0n) is 8.42. The van der Waals surface area contributed by atoms with Gasteiger partial charge in [-0.3, -0.25) is 0 Å². The van der Waals surface area contributed by atoms with Crippen LogP contribution in [0.15, 0.2) is 24.3 Å². The molecule has 2 nitrogen and oxygen atoms in total. The van der Waals surface area contributed by atoms with Gasteiger partial charge >= 0.3 is 0 Å². The molecule has 0 saturated carbocycles. The van der Waals surface area contributed by atoms with Crippen molar-refractivity contribution in [3.8, 4) is 0 Å². The van der Waals surface area contributed by atoms with Gasteiger partial charge in [0, 0.05) is 12.5 Å². The summed E-state index contributed by atoms with van der Waals surface area (Å²) in [5.41, 5.74) is 0.399. The van der Waals surface area contributed by atoms with E-state index in [-0.39, 0.29) is 21.7 Å². The fourth-order valence-corrected chi connectivity index (χ4v) is 2.02. The quantitative estimate of drug-likeness (QED) is 0.776. The summed E-state index contributed by atoms with van der Waals surface area (Å²) < 4.78 is 13.6. The van der Waals surface area contributed by atoms with Crippen LogP contribution in [-0.4, -0.2) is 9.97 Å². The van der Waals surface area contributed by atoms with Crippen LogP contribution in [0, 0.1) is 5.82 Å². The Labute approximate surface area is 112 Å². The van der Waals surface area contributed by atoms with Crippen LogP contribution in [0.25, 0.3) is 0 Å². The Morgan fingerprint density at radius 3 is 2.35 bits per heavy atom. The van der Waals surface area contributed by atoms with Crippen LogP contribution in [0.3, 0.4) is 0 Å². The van der Waals surface area contributed by atoms with Gasteiger partial charge in [0.2, 0.25) is 0 Å². The van der Waals surface area contributed by atoms with Crippen LogP contribution in [0.2, 0.25) is 15.3 Å². The highest BCUT2D eigenvalue weighted by Crippen LogP contribution is 2.20. The fourth-order valence-electron chi connectivity index (χ4n) is 1.37. The second-order valence-electron chi connectivity index (χ2n) is 3.32. The lowest BCUT2D eigenvalue weighted by Gasteiger charge is -2.04. The van der Waals surface area contributed by atoms with E-state index in [4.69, 9.17) is 34.8 Å². The van der Waals surface area contributed by atoms with Gasteiger partial charge < -0.3 is 0 Å². The Kier molecular flexibility index (Phi) is 3.82. The third-order valence-corrected chi connectivity index (χ3v) is 2.77. The molecule has 0 aliphatic heterocycles. The Balaban J connectivity index is 2.34. The molecule has 0 spiro atoms. The van der Waals surface area contributed by atoms with E-state index >= 15 is 0 Å². The minimum atomic E-state index is -0.478. The highest BCUT2D eigenvalue weighted by atomic mass is 35.5. The minimum Gasteiger partial charge on any atom is -0.221 e. The lowest BCUT2D eigenvalue weighted by atomic mass is 10.1. The fraction of sp³-hybridized carbons (Fsp3) is 0.0909. The molecule has 1 heterocycles. The molecule has 0 fully saturated rings. The van der Waals surface area contributed by atoms with Crippen molar-refractivity contribution < 1.29 is 4.39 Å². The molecule has 0 amide bonds. The maximum Gasteiger partial charge on any atom is 0.145 e. The van der Waals surface area contributed by atoms with E-state index in [1.807, 2.05) is 0 Å². The van der Waals surface area contributed by atoms with Crippen LogP contribution < -0.4 is 0 Å². The molecule has 0 N–H and O–H groups in total. The first kappa shape index (κ1) is 12.6. The van der Waals surface area contributed by atoms with Crippen molar-refractivity contribution in [2.45, 2.75) is 6.42 Å². The Morgan fingerprint density at radius 1 is 1.06 bits per heavy atom. The monoisotopic (exact) mass is 290 g/mol. The van der Waals surface area contributed by atoms with Gasteiger partial charge in [0.15, 0.2) is 0 Å². The molecule has 1 aromatic heterocycles. The van der Waals surface area contributed by atoms with E-state index in [1.54, 1.807) is 12.1 Å². The molecule has 2 rings (SSSR count). The normalized spacial score (nSPS) is 10.6. The first-order valence-electron chi connectivity index (χ1n) is 4.68. The summed E-state index contributed by atoms with van der Waals surface area (Å²) >= 11 is 17.1. The number of aromatic nitrogens is 2. The smallest absolute Gasteiger partial charge is 0.145 e. The van der Waals surface area contributed by atoms with Crippen molar-refractivity contribution in [3.63, 3.8) is 0 Å². The summed E-state index contributed by atoms with van der Waals surface area (Å²) in [6.45, 7) is 0. The van der Waals surface area contributed by atoms with Crippen LogP contribution in [0.5, 0.6) is 0 Å². The van der Waals surface area contributed by atoms with Gasteiger partial charge in [-0.05, 0) is 11.6 Å². The van der Waals surface area contributed by atoms with E-state index in [9.17, 15) is 4.39 Å². The van der Waals surface area contributed by atoms with Gasteiger partial charge in [0.25, 0.3) is 0 Å². The number of hydrogen-bond donors (Lipinski definition) is 0. The average molecular weight is 292 g/mol. The SMILES string of the molecule is Fc1c(Cl)cccc1Cc1nc(Cl)cc(Cl)n1. The van der Waals surface area contributed by atoms with E-state index in [0.717, 1.165) is 0 Å². The molecule has 0 saturated heterocycles. The van der Waals surface area contributed by atoms with Crippen molar-refractivity contribution in [2.24, 2.45) is 0 Å². The van der Waals surface area contributed by atoms with Crippen LogP contribution in [0.4, 0.5) is 4.39 Å². The second-order valence-corrected chi connectivity index (χ2v) is 4.50. The molecule has 0 unspecified atom stereocenters.